The van der Waals surface area contributed by atoms with Gasteiger partial charge < -0.3 is 20.1 Å². The van der Waals surface area contributed by atoms with Crippen molar-refractivity contribution in [3.8, 4) is 0 Å². The average Bonchev–Trinajstić information content (AvgIpc) is 3.12. The summed E-state index contributed by atoms with van der Waals surface area (Å²) < 4.78 is 5.20. The quantitative estimate of drug-likeness (QED) is 0.797. The Labute approximate surface area is 130 Å². The van der Waals surface area contributed by atoms with Crippen molar-refractivity contribution in [3.63, 3.8) is 0 Å². The Morgan fingerprint density at radius 3 is 3.14 bits per heavy atom. The minimum atomic E-state index is -0.271. The Balaban J connectivity index is 1.54. The van der Waals surface area contributed by atoms with Crippen molar-refractivity contribution in [1.82, 2.24) is 25.7 Å². The first-order chi connectivity index (χ1) is 10.5. The zero-order valence-electron chi connectivity index (χ0n) is 13.6. The molecule has 0 saturated carbocycles. The van der Waals surface area contributed by atoms with E-state index in [4.69, 9.17) is 4.52 Å². The Kier molecular flexibility index (Phi) is 4.18. The Morgan fingerprint density at radius 1 is 1.59 bits per heavy atom. The lowest BCUT2D eigenvalue weighted by atomic mass is 9.80. The summed E-state index contributed by atoms with van der Waals surface area (Å²) in [5, 5.41) is 10.4. The average molecular weight is 307 g/mol. The summed E-state index contributed by atoms with van der Waals surface area (Å²) >= 11 is 0. The van der Waals surface area contributed by atoms with Gasteiger partial charge in [0.25, 0.3) is 0 Å². The maximum Gasteiger partial charge on any atom is 0.229 e. The molecule has 7 heteroatoms. The van der Waals surface area contributed by atoms with Crippen molar-refractivity contribution in [2.24, 2.45) is 11.3 Å². The zero-order chi connectivity index (χ0) is 15.7. The lowest BCUT2D eigenvalue weighted by Crippen LogP contribution is -2.47. The van der Waals surface area contributed by atoms with Crippen LogP contribution in [0.2, 0.25) is 0 Å². The third-order valence-electron chi connectivity index (χ3n) is 4.77. The van der Waals surface area contributed by atoms with Gasteiger partial charge in [0, 0.05) is 51.0 Å². The van der Waals surface area contributed by atoms with E-state index >= 15 is 0 Å². The standard InChI is InChI=1S/C15H25N5O2/c1-10(2)13-18-12(22-19-13)4-5-17-14(21)15-8-16-6-11(15)7-20(3)9-15/h10-11,16H,4-9H2,1-3H3,(H,17,21)/t11-,15-/m1/s1. The number of aromatic nitrogens is 2. The lowest BCUT2D eigenvalue weighted by molar-refractivity contribution is -0.130. The van der Waals surface area contributed by atoms with Crippen LogP contribution in [-0.4, -0.2) is 60.7 Å². The van der Waals surface area contributed by atoms with Crippen molar-refractivity contribution in [2.45, 2.75) is 26.2 Å². The van der Waals surface area contributed by atoms with Crippen LogP contribution in [0.25, 0.3) is 0 Å². The van der Waals surface area contributed by atoms with E-state index in [-0.39, 0.29) is 17.2 Å². The number of amides is 1. The fraction of sp³-hybridized carbons (Fsp3) is 0.800. The zero-order valence-corrected chi connectivity index (χ0v) is 13.6. The second kappa shape index (κ2) is 5.96. The van der Waals surface area contributed by atoms with Gasteiger partial charge in [0.1, 0.15) is 0 Å². The molecule has 7 nitrogen and oxygen atoms in total. The molecule has 3 heterocycles. The number of likely N-dealkylation sites (tertiary alicyclic amines) is 1. The molecule has 2 N–H and O–H groups in total. The molecule has 0 spiro atoms. The smallest absolute Gasteiger partial charge is 0.229 e. The Morgan fingerprint density at radius 2 is 2.41 bits per heavy atom. The summed E-state index contributed by atoms with van der Waals surface area (Å²) in [6, 6.07) is 0. The van der Waals surface area contributed by atoms with Gasteiger partial charge in [0.05, 0.1) is 5.41 Å². The van der Waals surface area contributed by atoms with Crippen LogP contribution < -0.4 is 10.6 Å². The first-order valence-corrected chi connectivity index (χ1v) is 8.01. The van der Waals surface area contributed by atoms with Crippen molar-refractivity contribution < 1.29 is 9.32 Å². The van der Waals surface area contributed by atoms with Gasteiger partial charge in [-0.1, -0.05) is 19.0 Å². The van der Waals surface area contributed by atoms with Crippen LogP contribution in [0.4, 0.5) is 0 Å². The van der Waals surface area contributed by atoms with Gasteiger partial charge >= 0.3 is 0 Å². The fourth-order valence-corrected chi connectivity index (χ4v) is 3.56. The van der Waals surface area contributed by atoms with E-state index in [1.807, 2.05) is 13.8 Å². The highest BCUT2D eigenvalue weighted by Gasteiger charge is 2.53. The number of nitrogens with one attached hydrogen (secondary N) is 2. The van der Waals surface area contributed by atoms with Gasteiger partial charge in [-0.2, -0.15) is 4.98 Å². The van der Waals surface area contributed by atoms with Crippen LogP contribution in [0, 0.1) is 11.3 Å². The lowest BCUT2D eigenvalue weighted by Gasteiger charge is -2.26. The van der Waals surface area contributed by atoms with Gasteiger partial charge in [0.2, 0.25) is 11.8 Å². The molecule has 0 aromatic carbocycles. The second-order valence-corrected chi connectivity index (χ2v) is 6.89. The molecule has 2 fully saturated rings. The van der Waals surface area contributed by atoms with Crippen LogP contribution in [0.3, 0.4) is 0 Å². The maximum absolute atomic E-state index is 12.7. The molecular formula is C15H25N5O2. The second-order valence-electron chi connectivity index (χ2n) is 6.89. The Hall–Kier alpha value is -1.47. The van der Waals surface area contributed by atoms with Crippen LogP contribution in [0.1, 0.15) is 31.5 Å². The highest BCUT2D eigenvalue weighted by atomic mass is 16.5. The van der Waals surface area contributed by atoms with E-state index in [0.717, 1.165) is 32.0 Å². The molecule has 2 atom stereocenters. The normalized spacial score (nSPS) is 28.3. The van der Waals surface area contributed by atoms with Crippen molar-refractivity contribution in [3.05, 3.63) is 11.7 Å². The summed E-state index contributed by atoms with van der Waals surface area (Å²) in [6.45, 7) is 8.11. The summed E-state index contributed by atoms with van der Waals surface area (Å²) in [6.07, 6.45) is 0.579. The maximum atomic E-state index is 12.7. The van der Waals surface area contributed by atoms with Gasteiger partial charge in [-0.25, -0.2) is 0 Å². The van der Waals surface area contributed by atoms with Crippen LogP contribution in [-0.2, 0) is 11.2 Å². The van der Waals surface area contributed by atoms with E-state index in [2.05, 4.69) is 32.7 Å². The van der Waals surface area contributed by atoms with E-state index in [9.17, 15) is 4.79 Å². The van der Waals surface area contributed by atoms with E-state index in [1.165, 1.54) is 0 Å². The summed E-state index contributed by atoms with van der Waals surface area (Å²) in [5.41, 5.74) is -0.271. The van der Waals surface area contributed by atoms with Crippen molar-refractivity contribution in [1.29, 1.82) is 0 Å². The molecule has 2 aliphatic heterocycles. The number of nitrogens with zero attached hydrogens (tertiary/aromatic N) is 3. The number of hydrogen-bond acceptors (Lipinski definition) is 6. The predicted molar refractivity (Wildman–Crippen MR) is 81.4 cm³/mol. The number of fused-ring (bicyclic) bond motifs is 1. The minimum Gasteiger partial charge on any atom is -0.355 e. The predicted octanol–water partition coefficient (Wildman–Crippen LogP) is 0.00290. The third kappa shape index (κ3) is 2.75. The largest absolute Gasteiger partial charge is 0.355 e. The molecule has 2 aliphatic rings. The molecule has 1 aromatic rings. The van der Waals surface area contributed by atoms with E-state index < -0.39 is 0 Å². The summed E-state index contributed by atoms with van der Waals surface area (Å²) in [5.74, 6) is 2.12. The molecule has 1 amide bonds. The topological polar surface area (TPSA) is 83.3 Å². The van der Waals surface area contributed by atoms with E-state index in [0.29, 0.717) is 24.8 Å². The van der Waals surface area contributed by atoms with Gasteiger partial charge in [-0.3, -0.25) is 4.79 Å². The highest BCUT2D eigenvalue weighted by molar-refractivity contribution is 5.84. The first kappa shape index (κ1) is 15.4. The van der Waals surface area contributed by atoms with Crippen molar-refractivity contribution in [2.75, 3.05) is 39.8 Å². The van der Waals surface area contributed by atoms with E-state index in [1.54, 1.807) is 0 Å². The molecule has 0 bridgehead atoms. The highest BCUT2D eigenvalue weighted by Crippen LogP contribution is 2.38. The molecule has 0 unspecified atom stereocenters. The number of carbonyl (C=O) groups excluding carboxylic acids is 1. The summed E-state index contributed by atoms with van der Waals surface area (Å²) in [4.78, 5) is 19.2. The van der Waals surface area contributed by atoms with Crippen LogP contribution in [0.15, 0.2) is 4.52 Å². The monoisotopic (exact) mass is 307 g/mol. The SMILES string of the molecule is CC(C)c1noc(CCNC(=O)[C@@]23CNC[C@@H]2CN(C)C3)n1. The van der Waals surface area contributed by atoms with Gasteiger partial charge in [0.15, 0.2) is 5.82 Å². The molecule has 0 aliphatic carbocycles. The number of hydrogen-bond donors (Lipinski definition) is 2. The number of rotatable bonds is 5. The van der Waals surface area contributed by atoms with Crippen LogP contribution >= 0.6 is 0 Å². The Bertz CT molecular complexity index is 544. The number of carbonyl (C=O) groups is 1. The first-order valence-electron chi connectivity index (χ1n) is 8.01. The van der Waals surface area contributed by atoms with Gasteiger partial charge in [-0.15, -0.1) is 0 Å². The molecule has 0 radical (unpaired) electrons. The minimum absolute atomic E-state index is 0.149. The molecule has 22 heavy (non-hydrogen) atoms. The van der Waals surface area contributed by atoms with Crippen molar-refractivity contribution >= 4 is 5.91 Å². The van der Waals surface area contributed by atoms with Gasteiger partial charge in [-0.05, 0) is 7.05 Å². The molecular weight excluding hydrogens is 282 g/mol. The molecule has 1 aromatic heterocycles. The third-order valence-corrected chi connectivity index (χ3v) is 4.77. The molecule has 3 rings (SSSR count). The molecule has 2 saturated heterocycles. The fourth-order valence-electron chi connectivity index (χ4n) is 3.56. The summed E-state index contributed by atoms with van der Waals surface area (Å²) in [7, 11) is 2.08. The molecule has 122 valence electrons. The van der Waals surface area contributed by atoms with Crippen LogP contribution in [0.5, 0.6) is 0 Å².